The molecule has 0 aliphatic heterocycles. The third-order valence-electron chi connectivity index (χ3n) is 6.40. The van der Waals surface area contributed by atoms with Crippen LogP contribution in [0.15, 0.2) is 77.7 Å². The minimum absolute atomic E-state index is 0.0257. The molecule has 0 aliphatic carbocycles. The van der Waals surface area contributed by atoms with E-state index in [9.17, 15) is 18.0 Å². The maximum atomic E-state index is 13.9. The molecular formula is C29H33Cl2N3O4S. The summed E-state index contributed by atoms with van der Waals surface area (Å²) >= 11 is 12.3. The van der Waals surface area contributed by atoms with E-state index in [-0.39, 0.29) is 23.4 Å². The third-order valence-corrected chi connectivity index (χ3v) is 8.93. The number of nitrogens with zero attached hydrogens (tertiary/aromatic N) is 2. The molecule has 208 valence electrons. The fourth-order valence-electron chi connectivity index (χ4n) is 3.91. The molecule has 0 heterocycles. The van der Waals surface area contributed by atoms with E-state index in [4.69, 9.17) is 23.2 Å². The maximum Gasteiger partial charge on any atom is 0.264 e. The van der Waals surface area contributed by atoms with Gasteiger partial charge in [0.15, 0.2) is 0 Å². The number of aryl methyl sites for hydroxylation is 1. The van der Waals surface area contributed by atoms with Crippen molar-refractivity contribution in [2.45, 2.75) is 57.6 Å². The first-order chi connectivity index (χ1) is 18.4. The number of anilines is 1. The Hall–Kier alpha value is -3.07. The number of hydrogen-bond acceptors (Lipinski definition) is 4. The summed E-state index contributed by atoms with van der Waals surface area (Å²) in [5.41, 5.74) is 1.83. The summed E-state index contributed by atoms with van der Waals surface area (Å²) < 4.78 is 28.6. The van der Waals surface area contributed by atoms with Gasteiger partial charge >= 0.3 is 0 Å². The molecule has 2 atom stereocenters. The first-order valence-corrected chi connectivity index (χ1v) is 14.8. The minimum atomic E-state index is -4.11. The van der Waals surface area contributed by atoms with Crippen molar-refractivity contribution in [3.8, 4) is 0 Å². The first-order valence-electron chi connectivity index (χ1n) is 12.6. The molecule has 3 aromatic carbocycles. The fourth-order valence-corrected chi connectivity index (χ4v) is 5.66. The van der Waals surface area contributed by atoms with Gasteiger partial charge in [-0.1, -0.05) is 66.5 Å². The van der Waals surface area contributed by atoms with E-state index >= 15 is 0 Å². The topological polar surface area (TPSA) is 86.8 Å². The Morgan fingerprint density at radius 1 is 0.923 bits per heavy atom. The van der Waals surface area contributed by atoms with Crippen LogP contribution >= 0.6 is 23.2 Å². The lowest BCUT2D eigenvalue weighted by Gasteiger charge is -2.32. The SMILES string of the molecule is CC[C@@H](C)NC(=O)[C@@H](C)N(Cc1ccc(Cl)c(Cl)c1)C(=O)CN(c1cccc(C)c1)S(=O)(=O)c1ccccc1. The monoisotopic (exact) mass is 589 g/mol. The number of nitrogens with one attached hydrogen (secondary N) is 1. The summed E-state index contributed by atoms with van der Waals surface area (Å²) in [6, 6.07) is 18.8. The summed E-state index contributed by atoms with van der Waals surface area (Å²) in [5, 5.41) is 3.58. The minimum Gasteiger partial charge on any atom is -0.352 e. The summed E-state index contributed by atoms with van der Waals surface area (Å²) in [5.74, 6) is -0.889. The highest BCUT2D eigenvalue weighted by Crippen LogP contribution is 2.27. The predicted molar refractivity (Wildman–Crippen MR) is 157 cm³/mol. The highest BCUT2D eigenvalue weighted by molar-refractivity contribution is 7.92. The molecule has 39 heavy (non-hydrogen) atoms. The van der Waals surface area contributed by atoms with Crippen molar-refractivity contribution in [3.63, 3.8) is 0 Å². The molecule has 0 aromatic heterocycles. The van der Waals surface area contributed by atoms with Crippen LogP contribution in [0, 0.1) is 6.92 Å². The van der Waals surface area contributed by atoms with E-state index in [0.29, 0.717) is 21.3 Å². The molecule has 3 rings (SSSR count). The van der Waals surface area contributed by atoms with Gasteiger partial charge in [-0.3, -0.25) is 13.9 Å². The number of carbonyl (C=O) groups excluding carboxylic acids is 2. The average Bonchev–Trinajstić information content (AvgIpc) is 2.92. The molecule has 7 nitrogen and oxygen atoms in total. The molecule has 10 heteroatoms. The van der Waals surface area contributed by atoms with Crippen molar-refractivity contribution in [3.05, 3.63) is 94.0 Å². The van der Waals surface area contributed by atoms with Crippen molar-refractivity contribution >= 4 is 50.7 Å². The number of amides is 2. The Kier molecular flexibility index (Phi) is 10.4. The Balaban J connectivity index is 2.03. The van der Waals surface area contributed by atoms with Gasteiger partial charge < -0.3 is 10.2 Å². The number of benzene rings is 3. The summed E-state index contributed by atoms with van der Waals surface area (Å²) in [6.07, 6.45) is 0.718. The van der Waals surface area contributed by atoms with Crippen molar-refractivity contribution in [1.82, 2.24) is 10.2 Å². The lowest BCUT2D eigenvalue weighted by atomic mass is 10.1. The molecule has 0 unspecified atom stereocenters. The molecule has 1 N–H and O–H groups in total. The third kappa shape index (κ3) is 7.75. The van der Waals surface area contributed by atoms with Gasteiger partial charge in [-0.25, -0.2) is 8.42 Å². The summed E-state index contributed by atoms with van der Waals surface area (Å²) in [6.45, 7) is 6.80. The molecule has 0 bridgehead atoms. The Morgan fingerprint density at radius 3 is 2.23 bits per heavy atom. The van der Waals surface area contributed by atoms with Crippen LogP contribution in [0.3, 0.4) is 0 Å². The molecule has 0 saturated carbocycles. The van der Waals surface area contributed by atoms with Gasteiger partial charge in [-0.15, -0.1) is 0 Å². The van der Waals surface area contributed by atoms with Gasteiger partial charge in [-0.05, 0) is 74.7 Å². The van der Waals surface area contributed by atoms with E-state index < -0.39 is 28.5 Å². The fraction of sp³-hybridized carbons (Fsp3) is 0.310. The van der Waals surface area contributed by atoms with Gasteiger partial charge in [0, 0.05) is 12.6 Å². The smallest absolute Gasteiger partial charge is 0.264 e. The number of carbonyl (C=O) groups is 2. The van der Waals surface area contributed by atoms with E-state index in [1.54, 1.807) is 61.5 Å². The van der Waals surface area contributed by atoms with E-state index in [2.05, 4.69) is 5.32 Å². The molecule has 0 radical (unpaired) electrons. The van der Waals surface area contributed by atoms with Crippen LogP contribution in [0.5, 0.6) is 0 Å². The number of rotatable bonds is 11. The van der Waals surface area contributed by atoms with E-state index in [1.165, 1.54) is 17.0 Å². The molecule has 0 saturated heterocycles. The Labute approximate surface area is 240 Å². The van der Waals surface area contributed by atoms with Crippen molar-refractivity contribution in [2.75, 3.05) is 10.8 Å². The average molecular weight is 591 g/mol. The van der Waals surface area contributed by atoms with E-state index in [1.807, 2.05) is 26.8 Å². The second-order valence-electron chi connectivity index (χ2n) is 9.43. The van der Waals surface area contributed by atoms with Crippen LogP contribution in [0.2, 0.25) is 10.0 Å². The van der Waals surface area contributed by atoms with E-state index in [0.717, 1.165) is 16.3 Å². The Bertz CT molecular complexity index is 1420. The zero-order chi connectivity index (χ0) is 28.7. The van der Waals surface area contributed by atoms with Gasteiger partial charge in [0.1, 0.15) is 12.6 Å². The van der Waals surface area contributed by atoms with Crippen molar-refractivity contribution < 1.29 is 18.0 Å². The first kappa shape index (κ1) is 30.5. The van der Waals surface area contributed by atoms with Crippen LogP contribution in [0.4, 0.5) is 5.69 Å². The van der Waals surface area contributed by atoms with Gasteiger partial charge in [0.2, 0.25) is 11.8 Å². The molecular weight excluding hydrogens is 557 g/mol. The van der Waals surface area contributed by atoms with Crippen molar-refractivity contribution in [2.24, 2.45) is 0 Å². The zero-order valence-corrected chi connectivity index (χ0v) is 24.7. The van der Waals surface area contributed by atoms with Gasteiger partial charge in [0.05, 0.1) is 20.6 Å². The highest BCUT2D eigenvalue weighted by Gasteiger charge is 2.32. The molecule has 3 aromatic rings. The van der Waals surface area contributed by atoms with Crippen LogP contribution < -0.4 is 9.62 Å². The van der Waals surface area contributed by atoms with Crippen LogP contribution in [-0.4, -0.2) is 43.8 Å². The number of halogens is 2. The van der Waals surface area contributed by atoms with Crippen LogP contribution in [-0.2, 0) is 26.2 Å². The second kappa shape index (κ2) is 13.3. The number of sulfonamides is 1. The maximum absolute atomic E-state index is 13.9. The molecule has 2 amide bonds. The lowest BCUT2D eigenvalue weighted by Crippen LogP contribution is -2.52. The Morgan fingerprint density at radius 2 is 1.62 bits per heavy atom. The normalized spacial score (nSPS) is 12.9. The quantitative estimate of drug-likeness (QED) is 0.305. The van der Waals surface area contributed by atoms with Crippen LogP contribution in [0.25, 0.3) is 0 Å². The summed E-state index contributed by atoms with van der Waals surface area (Å²) in [7, 11) is -4.11. The van der Waals surface area contributed by atoms with Gasteiger partial charge in [0.25, 0.3) is 10.0 Å². The summed E-state index contributed by atoms with van der Waals surface area (Å²) in [4.78, 5) is 28.4. The zero-order valence-electron chi connectivity index (χ0n) is 22.4. The molecule has 0 fully saturated rings. The standard InChI is InChI=1S/C29H33Cl2N3O4S/c1-5-21(3)32-29(36)22(4)33(18-23-14-15-26(30)27(31)17-23)28(35)19-34(24-11-9-10-20(2)16-24)39(37,38)25-12-7-6-8-13-25/h6-17,21-22H,5,18-19H2,1-4H3,(H,32,36)/t21-,22-/m1/s1. The predicted octanol–water partition coefficient (Wildman–Crippen LogP) is 5.83. The largest absolute Gasteiger partial charge is 0.352 e. The second-order valence-corrected chi connectivity index (χ2v) is 12.1. The van der Waals surface area contributed by atoms with Gasteiger partial charge in [-0.2, -0.15) is 0 Å². The number of hydrogen-bond donors (Lipinski definition) is 1. The molecule has 0 aliphatic rings. The van der Waals surface area contributed by atoms with Crippen LogP contribution in [0.1, 0.15) is 38.3 Å². The lowest BCUT2D eigenvalue weighted by molar-refractivity contribution is -0.139. The highest BCUT2D eigenvalue weighted by atomic mass is 35.5. The van der Waals surface area contributed by atoms with Crippen molar-refractivity contribution in [1.29, 1.82) is 0 Å². The molecule has 0 spiro atoms.